The molecule has 0 atom stereocenters. The molecule has 0 aliphatic heterocycles. The molecule has 0 spiro atoms. The summed E-state index contributed by atoms with van der Waals surface area (Å²) in [6, 6.07) is 10.1. The zero-order chi connectivity index (χ0) is 13.1. The van der Waals surface area contributed by atoms with Gasteiger partial charge in [0.2, 0.25) is 0 Å². The number of halogens is 2. The van der Waals surface area contributed by atoms with Crippen molar-refractivity contribution in [1.82, 2.24) is 0 Å². The summed E-state index contributed by atoms with van der Waals surface area (Å²) in [6.07, 6.45) is 0. The molecular formula is C12H8ClFN2O2. The molecule has 2 aromatic rings. The molecule has 4 nitrogen and oxygen atoms in total. The Balaban J connectivity index is 2.18. The van der Waals surface area contributed by atoms with Crippen LogP contribution in [0.1, 0.15) is 0 Å². The van der Waals surface area contributed by atoms with Crippen molar-refractivity contribution in [2.75, 3.05) is 5.32 Å². The van der Waals surface area contributed by atoms with Gasteiger partial charge in [-0.2, -0.15) is 0 Å². The fourth-order valence-electron chi connectivity index (χ4n) is 1.41. The van der Waals surface area contributed by atoms with Gasteiger partial charge in [0.1, 0.15) is 5.82 Å². The largest absolute Gasteiger partial charge is 0.355 e. The van der Waals surface area contributed by atoms with Gasteiger partial charge in [-0.05, 0) is 30.3 Å². The van der Waals surface area contributed by atoms with E-state index in [-0.39, 0.29) is 10.7 Å². The Morgan fingerprint density at radius 3 is 2.28 bits per heavy atom. The van der Waals surface area contributed by atoms with Crippen molar-refractivity contribution in [1.29, 1.82) is 0 Å². The number of non-ortho nitro benzene ring substituents is 1. The normalized spacial score (nSPS) is 10.1. The maximum Gasteiger partial charge on any atom is 0.269 e. The minimum Gasteiger partial charge on any atom is -0.355 e. The molecule has 0 aliphatic carbocycles. The average molecular weight is 267 g/mol. The van der Waals surface area contributed by atoms with Crippen molar-refractivity contribution in [2.24, 2.45) is 0 Å². The number of nitro groups is 1. The van der Waals surface area contributed by atoms with Gasteiger partial charge in [-0.1, -0.05) is 11.6 Å². The summed E-state index contributed by atoms with van der Waals surface area (Å²) in [5, 5.41) is 13.5. The molecule has 2 rings (SSSR count). The van der Waals surface area contributed by atoms with Crippen molar-refractivity contribution in [3.8, 4) is 0 Å². The van der Waals surface area contributed by atoms with Crippen molar-refractivity contribution < 1.29 is 9.31 Å². The molecule has 0 radical (unpaired) electrons. The van der Waals surface area contributed by atoms with E-state index in [0.29, 0.717) is 11.4 Å². The van der Waals surface area contributed by atoms with E-state index in [0.717, 1.165) is 0 Å². The molecule has 0 saturated carbocycles. The predicted molar refractivity (Wildman–Crippen MR) is 67.8 cm³/mol. The van der Waals surface area contributed by atoms with Gasteiger partial charge in [0.05, 0.1) is 9.95 Å². The van der Waals surface area contributed by atoms with Gasteiger partial charge < -0.3 is 5.32 Å². The lowest BCUT2D eigenvalue weighted by Gasteiger charge is -2.06. The Morgan fingerprint density at radius 1 is 1.11 bits per heavy atom. The van der Waals surface area contributed by atoms with Gasteiger partial charge in [-0.3, -0.25) is 10.1 Å². The lowest BCUT2D eigenvalue weighted by atomic mass is 10.2. The molecule has 0 fully saturated rings. The first-order chi connectivity index (χ1) is 8.56. The van der Waals surface area contributed by atoms with Gasteiger partial charge in [0.15, 0.2) is 0 Å². The van der Waals surface area contributed by atoms with E-state index in [9.17, 15) is 14.5 Å². The molecule has 6 heteroatoms. The van der Waals surface area contributed by atoms with E-state index in [4.69, 9.17) is 11.6 Å². The standard InChI is InChI=1S/C12H8ClFN2O2/c13-11-7-9(3-6-12(11)14)15-8-1-4-10(5-2-8)16(17)18/h1-7,15H. The number of nitro benzene ring substituents is 1. The van der Waals surface area contributed by atoms with Crippen LogP contribution in [0.4, 0.5) is 21.5 Å². The topological polar surface area (TPSA) is 55.2 Å². The van der Waals surface area contributed by atoms with Crippen LogP contribution in [0, 0.1) is 15.9 Å². The molecule has 0 heterocycles. The van der Waals surface area contributed by atoms with Crippen LogP contribution in [0.25, 0.3) is 0 Å². The monoisotopic (exact) mass is 266 g/mol. The first-order valence-corrected chi connectivity index (χ1v) is 5.40. The number of anilines is 2. The number of nitrogens with one attached hydrogen (secondary N) is 1. The second-order valence-electron chi connectivity index (χ2n) is 3.56. The number of rotatable bonds is 3. The summed E-state index contributed by atoms with van der Waals surface area (Å²) in [5.41, 5.74) is 1.27. The second kappa shape index (κ2) is 5.01. The highest BCUT2D eigenvalue weighted by Crippen LogP contribution is 2.23. The van der Waals surface area contributed by atoms with Crippen LogP contribution in [0.5, 0.6) is 0 Å². The van der Waals surface area contributed by atoms with Crippen LogP contribution >= 0.6 is 11.6 Å². The molecule has 0 unspecified atom stereocenters. The molecule has 0 amide bonds. The van der Waals surface area contributed by atoms with Gasteiger partial charge >= 0.3 is 0 Å². The predicted octanol–water partition coefficient (Wildman–Crippen LogP) is 4.13. The van der Waals surface area contributed by atoms with Gasteiger partial charge in [0, 0.05) is 23.5 Å². The average Bonchev–Trinajstić information content (AvgIpc) is 2.34. The van der Waals surface area contributed by atoms with Gasteiger partial charge in [-0.15, -0.1) is 0 Å². The highest BCUT2D eigenvalue weighted by molar-refractivity contribution is 6.31. The summed E-state index contributed by atoms with van der Waals surface area (Å²) in [6.45, 7) is 0. The summed E-state index contributed by atoms with van der Waals surface area (Å²) in [5.74, 6) is -0.495. The zero-order valence-corrected chi connectivity index (χ0v) is 9.82. The van der Waals surface area contributed by atoms with E-state index >= 15 is 0 Å². The van der Waals surface area contributed by atoms with E-state index in [1.165, 1.54) is 30.3 Å². The Bertz CT molecular complexity index is 587. The lowest BCUT2D eigenvalue weighted by molar-refractivity contribution is -0.384. The molecule has 18 heavy (non-hydrogen) atoms. The van der Waals surface area contributed by atoms with Crippen LogP contribution in [0.2, 0.25) is 5.02 Å². The third-order valence-electron chi connectivity index (χ3n) is 2.29. The Kier molecular flexibility index (Phi) is 3.43. The van der Waals surface area contributed by atoms with E-state index in [1.807, 2.05) is 0 Å². The SMILES string of the molecule is O=[N+]([O-])c1ccc(Nc2ccc(F)c(Cl)c2)cc1. The highest BCUT2D eigenvalue weighted by atomic mass is 35.5. The second-order valence-corrected chi connectivity index (χ2v) is 3.97. The molecule has 92 valence electrons. The first-order valence-electron chi connectivity index (χ1n) is 5.03. The number of nitrogens with zero attached hydrogens (tertiary/aromatic N) is 1. The molecule has 0 saturated heterocycles. The van der Waals surface area contributed by atoms with Gasteiger partial charge in [-0.25, -0.2) is 4.39 Å². The number of benzene rings is 2. The molecule has 0 bridgehead atoms. The maximum absolute atomic E-state index is 12.9. The Hall–Kier alpha value is -2.14. The van der Waals surface area contributed by atoms with Crippen LogP contribution < -0.4 is 5.32 Å². The smallest absolute Gasteiger partial charge is 0.269 e. The summed E-state index contributed by atoms with van der Waals surface area (Å²) in [7, 11) is 0. The van der Waals surface area contributed by atoms with Crippen molar-refractivity contribution in [3.05, 3.63) is 63.4 Å². The van der Waals surface area contributed by atoms with E-state index < -0.39 is 10.7 Å². The van der Waals surface area contributed by atoms with Crippen molar-refractivity contribution in [2.45, 2.75) is 0 Å². The molecule has 1 N–H and O–H groups in total. The van der Waals surface area contributed by atoms with Crippen molar-refractivity contribution >= 4 is 28.7 Å². The fraction of sp³-hybridized carbons (Fsp3) is 0. The third-order valence-corrected chi connectivity index (χ3v) is 2.58. The summed E-state index contributed by atoms with van der Waals surface area (Å²) >= 11 is 5.64. The Labute approximate surface area is 107 Å². The molecule has 0 aromatic heterocycles. The highest BCUT2D eigenvalue weighted by Gasteiger charge is 2.05. The minimum absolute atomic E-state index is 0.0117. The lowest BCUT2D eigenvalue weighted by Crippen LogP contribution is -1.92. The molecule has 0 aliphatic rings. The third kappa shape index (κ3) is 2.75. The minimum atomic E-state index is -0.495. The first kappa shape index (κ1) is 12.3. The molecule has 2 aromatic carbocycles. The van der Waals surface area contributed by atoms with Crippen LogP contribution in [0.15, 0.2) is 42.5 Å². The van der Waals surface area contributed by atoms with Crippen LogP contribution in [0.3, 0.4) is 0 Å². The summed E-state index contributed by atoms with van der Waals surface area (Å²) in [4.78, 5) is 10.0. The van der Waals surface area contributed by atoms with Gasteiger partial charge in [0.25, 0.3) is 5.69 Å². The number of hydrogen-bond acceptors (Lipinski definition) is 3. The fourth-order valence-corrected chi connectivity index (χ4v) is 1.59. The summed E-state index contributed by atoms with van der Waals surface area (Å²) < 4.78 is 12.9. The van der Waals surface area contributed by atoms with Crippen LogP contribution in [-0.2, 0) is 0 Å². The zero-order valence-electron chi connectivity index (χ0n) is 9.06. The number of hydrogen-bond donors (Lipinski definition) is 1. The quantitative estimate of drug-likeness (QED) is 0.671. The van der Waals surface area contributed by atoms with Crippen molar-refractivity contribution in [3.63, 3.8) is 0 Å². The maximum atomic E-state index is 12.9. The molecular weight excluding hydrogens is 259 g/mol. The van der Waals surface area contributed by atoms with Crippen LogP contribution in [-0.4, -0.2) is 4.92 Å². The van der Waals surface area contributed by atoms with E-state index in [1.54, 1.807) is 12.1 Å². The Morgan fingerprint density at radius 2 is 1.72 bits per heavy atom. The van der Waals surface area contributed by atoms with E-state index in [2.05, 4.69) is 5.32 Å².